The number of rotatable bonds is 8. The largest absolute Gasteiger partial charge is 0.341 e. The molecule has 3 nitrogen and oxygen atoms in total. The Morgan fingerprint density at radius 1 is 1.00 bits per heavy atom. The molecule has 1 N–H and O–H groups in total. The second kappa shape index (κ2) is 10.4. The summed E-state index contributed by atoms with van der Waals surface area (Å²) in [6.07, 6.45) is 10.8. The first-order chi connectivity index (χ1) is 8.84. The van der Waals surface area contributed by atoms with E-state index in [1.165, 1.54) is 38.5 Å². The summed E-state index contributed by atoms with van der Waals surface area (Å²) in [5, 5.41) is 3.33. The summed E-state index contributed by atoms with van der Waals surface area (Å²) in [6, 6.07) is 0. The van der Waals surface area contributed by atoms with Crippen LogP contribution in [-0.2, 0) is 4.79 Å². The molecule has 3 heteroatoms. The Morgan fingerprint density at radius 2 is 1.72 bits per heavy atom. The minimum Gasteiger partial charge on any atom is -0.341 e. The Labute approximate surface area is 112 Å². The van der Waals surface area contributed by atoms with E-state index in [0.29, 0.717) is 5.91 Å². The van der Waals surface area contributed by atoms with E-state index in [-0.39, 0.29) is 0 Å². The fourth-order valence-electron chi connectivity index (χ4n) is 2.49. The van der Waals surface area contributed by atoms with Crippen molar-refractivity contribution in [2.45, 2.75) is 64.7 Å². The first-order valence-electron chi connectivity index (χ1n) is 7.83. The fourth-order valence-corrected chi connectivity index (χ4v) is 2.49. The predicted octanol–water partition coefficient (Wildman–Crippen LogP) is 2.95. The van der Waals surface area contributed by atoms with Gasteiger partial charge in [-0.2, -0.15) is 0 Å². The lowest BCUT2D eigenvalue weighted by Gasteiger charge is -2.19. The summed E-state index contributed by atoms with van der Waals surface area (Å²) in [5.41, 5.74) is 0. The van der Waals surface area contributed by atoms with Crippen molar-refractivity contribution in [1.82, 2.24) is 10.2 Å². The van der Waals surface area contributed by atoms with Gasteiger partial charge in [0.2, 0.25) is 5.91 Å². The van der Waals surface area contributed by atoms with Gasteiger partial charge >= 0.3 is 0 Å². The molecular weight excluding hydrogens is 224 g/mol. The van der Waals surface area contributed by atoms with Gasteiger partial charge in [0.15, 0.2) is 0 Å². The number of hydrogen-bond donors (Lipinski definition) is 1. The predicted molar refractivity (Wildman–Crippen MR) is 76.7 cm³/mol. The van der Waals surface area contributed by atoms with Gasteiger partial charge in [0.05, 0.1) is 0 Å². The van der Waals surface area contributed by atoms with Gasteiger partial charge in [-0.1, -0.05) is 45.4 Å². The van der Waals surface area contributed by atoms with Crippen molar-refractivity contribution in [3.05, 3.63) is 0 Å². The Morgan fingerprint density at radius 3 is 2.50 bits per heavy atom. The Hall–Kier alpha value is -0.570. The summed E-state index contributed by atoms with van der Waals surface area (Å²) in [4.78, 5) is 14.0. The molecule has 0 atom stereocenters. The van der Waals surface area contributed by atoms with Crippen LogP contribution in [0.1, 0.15) is 64.7 Å². The van der Waals surface area contributed by atoms with Crippen LogP contribution in [0.15, 0.2) is 0 Å². The van der Waals surface area contributed by atoms with Crippen LogP contribution < -0.4 is 5.32 Å². The van der Waals surface area contributed by atoms with Gasteiger partial charge in [-0.3, -0.25) is 4.79 Å². The molecule has 1 aliphatic heterocycles. The van der Waals surface area contributed by atoms with Crippen molar-refractivity contribution in [2.75, 3.05) is 26.2 Å². The smallest absolute Gasteiger partial charge is 0.222 e. The average molecular weight is 254 g/mol. The van der Waals surface area contributed by atoms with E-state index in [1.807, 2.05) is 4.90 Å². The van der Waals surface area contributed by atoms with Gasteiger partial charge in [-0.15, -0.1) is 0 Å². The quantitative estimate of drug-likeness (QED) is 0.675. The number of unbranched alkanes of at least 4 members (excludes halogenated alkanes) is 6. The molecule has 0 saturated carbocycles. The lowest BCUT2D eigenvalue weighted by molar-refractivity contribution is -0.131. The molecule has 1 fully saturated rings. The molecule has 0 aromatic rings. The third-order valence-electron chi connectivity index (χ3n) is 3.69. The highest BCUT2D eigenvalue weighted by Crippen LogP contribution is 2.10. The van der Waals surface area contributed by atoms with Crippen molar-refractivity contribution < 1.29 is 4.79 Å². The molecule has 1 amide bonds. The normalized spacial score (nSPS) is 16.6. The summed E-state index contributed by atoms with van der Waals surface area (Å²) in [5.74, 6) is 0.368. The standard InChI is InChI=1S/C15H30N2O/c1-2-3-4-5-6-7-8-10-15(18)17-13-9-11-16-12-14-17/h16H,2-14H2,1H3. The topological polar surface area (TPSA) is 32.3 Å². The highest BCUT2D eigenvalue weighted by Gasteiger charge is 2.14. The molecule has 1 saturated heterocycles. The molecule has 0 bridgehead atoms. The van der Waals surface area contributed by atoms with Crippen LogP contribution in [0.5, 0.6) is 0 Å². The van der Waals surface area contributed by atoms with E-state index in [9.17, 15) is 4.79 Å². The Bertz CT molecular complexity index is 211. The third kappa shape index (κ3) is 7.00. The molecular formula is C15H30N2O. The summed E-state index contributed by atoms with van der Waals surface area (Å²) in [6.45, 7) is 6.11. The molecule has 1 aliphatic rings. The maximum absolute atomic E-state index is 12.0. The van der Waals surface area contributed by atoms with E-state index in [2.05, 4.69) is 12.2 Å². The van der Waals surface area contributed by atoms with Crippen LogP contribution >= 0.6 is 0 Å². The molecule has 106 valence electrons. The van der Waals surface area contributed by atoms with Crippen LogP contribution in [0.2, 0.25) is 0 Å². The second-order valence-electron chi connectivity index (χ2n) is 5.36. The SMILES string of the molecule is CCCCCCCCCC(=O)N1CCCNCC1. The Balaban J connectivity index is 1.98. The molecule has 0 aliphatic carbocycles. The number of hydrogen-bond acceptors (Lipinski definition) is 2. The van der Waals surface area contributed by atoms with Gasteiger partial charge in [-0.05, 0) is 19.4 Å². The molecule has 0 unspecified atom stereocenters. The van der Waals surface area contributed by atoms with Crippen LogP contribution in [0.25, 0.3) is 0 Å². The summed E-state index contributed by atoms with van der Waals surface area (Å²) >= 11 is 0. The fraction of sp³-hybridized carbons (Fsp3) is 0.933. The van der Waals surface area contributed by atoms with E-state index < -0.39 is 0 Å². The maximum atomic E-state index is 12.0. The van der Waals surface area contributed by atoms with Gasteiger partial charge < -0.3 is 10.2 Å². The molecule has 1 rings (SSSR count). The van der Waals surface area contributed by atoms with Crippen molar-refractivity contribution >= 4 is 5.91 Å². The zero-order chi connectivity index (χ0) is 13.1. The van der Waals surface area contributed by atoms with E-state index in [4.69, 9.17) is 0 Å². The van der Waals surface area contributed by atoms with Crippen molar-refractivity contribution in [2.24, 2.45) is 0 Å². The summed E-state index contributed by atoms with van der Waals surface area (Å²) < 4.78 is 0. The second-order valence-corrected chi connectivity index (χ2v) is 5.36. The first-order valence-corrected chi connectivity index (χ1v) is 7.83. The van der Waals surface area contributed by atoms with E-state index >= 15 is 0 Å². The minimum absolute atomic E-state index is 0.368. The van der Waals surface area contributed by atoms with Crippen LogP contribution in [0.4, 0.5) is 0 Å². The number of carbonyl (C=O) groups is 1. The monoisotopic (exact) mass is 254 g/mol. The lowest BCUT2D eigenvalue weighted by Crippen LogP contribution is -2.33. The van der Waals surface area contributed by atoms with Gasteiger partial charge in [0.25, 0.3) is 0 Å². The van der Waals surface area contributed by atoms with Crippen LogP contribution in [0.3, 0.4) is 0 Å². The average Bonchev–Trinajstić information content (AvgIpc) is 2.66. The molecule has 18 heavy (non-hydrogen) atoms. The molecule has 0 spiro atoms. The van der Waals surface area contributed by atoms with Gasteiger partial charge in [0.1, 0.15) is 0 Å². The van der Waals surface area contributed by atoms with Crippen LogP contribution in [0, 0.1) is 0 Å². The van der Waals surface area contributed by atoms with Crippen molar-refractivity contribution in [3.63, 3.8) is 0 Å². The number of amides is 1. The lowest BCUT2D eigenvalue weighted by atomic mass is 10.1. The highest BCUT2D eigenvalue weighted by atomic mass is 16.2. The number of nitrogens with one attached hydrogen (secondary N) is 1. The molecule has 0 radical (unpaired) electrons. The first kappa shape index (κ1) is 15.5. The zero-order valence-corrected chi connectivity index (χ0v) is 12.0. The van der Waals surface area contributed by atoms with Crippen molar-refractivity contribution in [3.8, 4) is 0 Å². The third-order valence-corrected chi connectivity index (χ3v) is 3.69. The van der Waals surface area contributed by atoms with E-state index in [1.54, 1.807) is 0 Å². The summed E-state index contributed by atoms with van der Waals surface area (Å²) in [7, 11) is 0. The number of nitrogens with zero attached hydrogens (tertiary/aromatic N) is 1. The minimum atomic E-state index is 0.368. The van der Waals surface area contributed by atoms with Crippen molar-refractivity contribution in [1.29, 1.82) is 0 Å². The number of carbonyl (C=O) groups excluding carboxylic acids is 1. The maximum Gasteiger partial charge on any atom is 0.222 e. The highest BCUT2D eigenvalue weighted by molar-refractivity contribution is 5.76. The van der Waals surface area contributed by atoms with Gasteiger partial charge in [-0.25, -0.2) is 0 Å². The molecule has 0 aromatic carbocycles. The Kier molecular flexibility index (Phi) is 8.92. The van der Waals surface area contributed by atoms with Gasteiger partial charge in [0, 0.05) is 26.1 Å². The van der Waals surface area contributed by atoms with E-state index in [0.717, 1.165) is 45.4 Å². The zero-order valence-electron chi connectivity index (χ0n) is 12.0. The molecule has 0 aromatic heterocycles. The molecule has 1 heterocycles. The van der Waals surface area contributed by atoms with Crippen LogP contribution in [-0.4, -0.2) is 37.0 Å².